The monoisotopic (exact) mass is 306 g/mol. The van der Waals surface area contributed by atoms with Gasteiger partial charge in [0.15, 0.2) is 0 Å². The Hall–Kier alpha value is -1.46. The standard InChI is InChI=1S/C14H22N2.2C3H8/c1-5-8-13(11-14(15)9-6-2)12-16(4)10-7-3;2*1-3-2/h2,7,9,11H,3,5,8,10,12,15H2,1,4H3;2*3H2,1-2H3/b13-11+,14-9+;;. The molecule has 0 fully saturated rings. The third kappa shape index (κ3) is 23.6. The van der Waals surface area contributed by atoms with Crippen molar-refractivity contribution in [3.63, 3.8) is 0 Å². The quantitative estimate of drug-likeness (QED) is 0.401. The summed E-state index contributed by atoms with van der Waals surface area (Å²) in [6.45, 7) is 16.2. The summed E-state index contributed by atoms with van der Waals surface area (Å²) in [5, 5.41) is 0. The fourth-order valence-electron chi connectivity index (χ4n) is 1.52. The number of hydrogen-bond acceptors (Lipinski definition) is 2. The van der Waals surface area contributed by atoms with E-state index in [0.29, 0.717) is 5.70 Å². The van der Waals surface area contributed by atoms with Gasteiger partial charge in [-0.05, 0) is 19.5 Å². The number of allylic oxidation sites excluding steroid dienone is 2. The lowest BCUT2D eigenvalue weighted by atomic mass is 10.1. The molecule has 0 spiro atoms. The predicted molar refractivity (Wildman–Crippen MR) is 104 cm³/mol. The molecule has 2 nitrogen and oxygen atoms in total. The summed E-state index contributed by atoms with van der Waals surface area (Å²) < 4.78 is 0. The zero-order valence-corrected chi connectivity index (χ0v) is 15.8. The van der Waals surface area contributed by atoms with Crippen LogP contribution in [0.15, 0.2) is 36.1 Å². The molecule has 0 saturated heterocycles. The van der Waals surface area contributed by atoms with Crippen molar-refractivity contribution in [2.24, 2.45) is 5.73 Å². The van der Waals surface area contributed by atoms with Gasteiger partial charge in [0.05, 0.1) is 0 Å². The second-order valence-electron chi connectivity index (χ2n) is 5.26. The molecule has 0 bridgehead atoms. The van der Waals surface area contributed by atoms with Gasteiger partial charge in [0.2, 0.25) is 0 Å². The van der Waals surface area contributed by atoms with Gasteiger partial charge < -0.3 is 5.73 Å². The zero-order valence-electron chi connectivity index (χ0n) is 15.8. The Bertz CT molecular complexity index is 330. The Morgan fingerprint density at radius 1 is 1.18 bits per heavy atom. The van der Waals surface area contributed by atoms with E-state index >= 15 is 0 Å². The number of likely N-dealkylation sites (N-methyl/N-ethyl adjacent to an activating group) is 1. The van der Waals surface area contributed by atoms with Gasteiger partial charge in [0, 0.05) is 24.9 Å². The maximum absolute atomic E-state index is 5.77. The summed E-state index contributed by atoms with van der Waals surface area (Å²) in [7, 11) is 2.06. The molecule has 128 valence electrons. The Kier molecular flexibility index (Phi) is 25.3. The molecule has 2 N–H and O–H groups in total. The molecule has 0 aliphatic heterocycles. The first-order valence-corrected chi connectivity index (χ1v) is 8.37. The third-order valence-electron chi connectivity index (χ3n) is 2.11. The molecule has 0 aromatic heterocycles. The van der Waals surface area contributed by atoms with Crippen LogP contribution in [-0.2, 0) is 0 Å². The minimum atomic E-state index is 0.651. The highest BCUT2D eigenvalue weighted by atomic mass is 15.1. The number of terminal acetylenes is 1. The molecule has 0 aromatic carbocycles. The van der Waals surface area contributed by atoms with Gasteiger partial charge in [0.25, 0.3) is 0 Å². The van der Waals surface area contributed by atoms with Crippen LogP contribution in [0.2, 0.25) is 0 Å². The number of nitrogens with two attached hydrogens (primary N) is 1. The summed E-state index contributed by atoms with van der Waals surface area (Å²) in [5.41, 5.74) is 7.72. The average Bonchev–Trinajstić information content (AvgIpc) is 2.41. The molecule has 0 atom stereocenters. The lowest BCUT2D eigenvalue weighted by molar-refractivity contribution is 0.398. The van der Waals surface area contributed by atoms with Crippen LogP contribution in [0.4, 0.5) is 0 Å². The Morgan fingerprint density at radius 3 is 2.05 bits per heavy atom. The van der Waals surface area contributed by atoms with Crippen molar-refractivity contribution in [3.05, 3.63) is 36.1 Å². The van der Waals surface area contributed by atoms with Crippen molar-refractivity contribution >= 4 is 0 Å². The van der Waals surface area contributed by atoms with Crippen molar-refractivity contribution in [2.75, 3.05) is 20.1 Å². The van der Waals surface area contributed by atoms with Gasteiger partial charge in [-0.1, -0.05) is 71.5 Å². The second kappa shape index (κ2) is 21.8. The molecule has 22 heavy (non-hydrogen) atoms. The molecule has 0 aliphatic carbocycles. The van der Waals surface area contributed by atoms with E-state index in [1.807, 2.05) is 12.2 Å². The second-order valence-corrected chi connectivity index (χ2v) is 5.26. The van der Waals surface area contributed by atoms with Crippen LogP contribution in [0.3, 0.4) is 0 Å². The molecule has 0 aromatic rings. The zero-order chi connectivity index (χ0) is 17.8. The van der Waals surface area contributed by atoms with Crippen LogP contribution in [0.25, 0.3) is 0 Å². The SMILES string of the molecule is C#C/C=C(N)\C=C(/CCC)CN(C)CC=C.CCC.CCC. The molecule has 0 amide bonds. The summed E-state index contributed by atoms with van der Waals surface area (Å²) in [6.07, 6.45) is 15.3. The lowest BCUT2D eigenvalue weighted by Crippen LogP contribution is -2.21. The number of nitrogens with zero attached hydrogens (tertiary/aromatic N) is 1. The van der Waals surface area contributed by atoms with Gasteiger partial charge in [-0.2, -0.15) is 0 Å². The first kappa shape index (κ1) is 25.5. The van der Waals surface area contributed by atoms with Gasteiger partial charge in [-0.25, -0.2) is 0 Å². The Morgan fingerprint density at radius 2 is 1.68 bits per heavy atom. The van der Waals surface area contributed by atoms with E-state index in [1.54, 1.807) is 6.08 Å². The largest absolute Gasteiger partial charge is 0.398 e. The third-order valence-corrected chi connectivity index (χ3v) is 2.11. The summed E-state index contributed by atoms with van der Waals surface area (Å²) in [5.74, 6) is 2.43. The first-order valence-electron chi connectivity index (χ1n) is 8.37. The average molecular weight is 307 g/mol. The lowest BCUT2D eigenvalue weighted by Gasteiger charge is -2.16. The molecular formula is C20H38N2. The van der Waals surface area contributed by atoms with Crippen LogP contribution in [0.1, 0.15) is 60.3 Å². The molecule has 0 unspecified atom stereocenters. The van der Waals surface area contributed by atoms with Crippen molar-refractivity contribution in [1.29, 1.82) is 0 Å². The van der Waals surface area contributed by atoms with E-state index in [1.165, 1.54) is 18.4 Å². The van der Waals surface area contributed by atoms with Crippen molar-refractivity contribution in [1.82, 2.24) is 4.90 Å². The van der Waals surface area contributed by atoms with E-state index < -0.39 is 0 Å². The maximum Gasteiger partial charge on any atom is 0.0398 e. The Balaban J connectivity index is -0.000000515. The highest BCUT2D eigenvalue weighted by molar-refractivity contribution is 5.27. The minimum Gasteiger partial charge on any atom is -0.398 e. The summed E-state index contributed by atoms with van der Waals surface area (Å²) >= 11 is 0. The molecule has 2 heteroatoms. The van der Waals surface area contributed by atoms with E-state index in [0.717, 1.165) is 25.9 Å². The summed E-state index contributed by atoms with van der Waals surface area (Å²) in [4.78, 5) is 2.19. The van der Waals surface area contributed by atoms with Gasteiger partial charge in [-0.3, -0.25) is 4.90 Å². The minimum absolute atomic E-state index is 0.651. The normalized spacial score (nSPS) is 10.8. The highest BCUT2D eigenvalue weighted by Crippen LogP contribution is 2.08. The van der Waals surface area contributed by atoms with E-state index in [-0.39, 0.29) is 0 Å². The van der Waals surface area contributed by atoms with Crippen molar-refractivity contribution < 1.29 is 0 Å². The molecule has 0 aliphatic rings. The van der Waals surface area contributed by atoms with Crippen LogP contribution < -0.4 is 5.73 Å². The van der Waals surface area contributed by atoms with Crippen molar-refractivity contribution in [2.45, 2.75) is 60.3 Å². The van der Waals surface area contributed by atoms with E-state index in [2.05, 4.69) is 59.1 Å². The smallest absolute Gasteiger partial charge is 0.0398 e. The topological polar surface area (TPSA) is 29.3 Å². The highest BCUT2D eigenvalue weighted by Gasteiger charge is 2.01. The molecule has 0 heterocycles. The molecule has 0 rings (SSSR count). The first-order chi connectivity index (χ1) is 10.5. The van der Waals surface area contributed by atoms with Crippen LogP contribution in [0.5, 0.6) is 0 Å². The van der Waals surface area contributed by atoms with Crippen LogP contribution in [0, 0.1) is 12.3 Å². The maximum atomic E-state index is 5.77. The van der Waals surface area contributed by atoms with E-state index in [4.69, 9.17) is 12.2 Å². The summed E-state index contributed by atoms with van der Waals surface area (Å²) in [6, 6.07) is 0. The van der Waals surface area contributed by atoms with Gasteiger partial charge in [0.1, 0.15) is 0 Å². The Labute approximate surface area is 140 Å². The van der Waals surface area contributed by atoms with Gasteiger partial charge in [-0.15, -0.1) is 13.0 Å². The number of hydrogen-bond donors (Lipinski definition) is 1. The fraction of sp³-hybridized carbons (Fsp3) is 0.600. The molecular weight excluding hydrogens is 268 g/mol. The van der Waals surface area contributed by atoms with E-state index in [9.17, 15) is 0 Å². The van der Waals surface area contributed by atoms with Crippen LogP contribution in [-0.4, -0.2) is 25.0 Å². The molecule has 0 radical (unpaired) electrons. The van der Waals surface area contributed by atoms with Gasteiger partial charge >= 0.3 is 0 Å². The fourth-order valence-corrected chi connectivity index (χ4v) is 1.52. The predicted octanol–water partition coefficient (Wildman–Crippen LogP) is 5.14. The van der Waals surface area contributed by atoms with Crippen LogP contribution >= 0.6 is 0 Å². The van der Waals surface area contributed by atoms with Crippen molar-refractivity contribution in [3.8, 4) is 12.3 Å². The number of rotatable bonds is 7. The molecule has 0 saturated carbocycles.